The normalized spacial score (nSPS) is 17.2. The SMILES string of the molecule is [C-]#[N+]c1ccc(Oc2ccc(/C=C3\SC(=O)N(CCOCCCOCCCOc4cc(-c5scnc5C)ccc4CNC(=O)[C@@H]4C[C@@H](O)CN4C(=O)[C@H](C(C)C)N4Cc5ccccc5C4=C)C3=O)cc2OC)c(C)c1. The van der Waals surface area contributed by atoms with E-state index in [9.17, 15) is 24.3 Å². The van der Waals surface area contributed by atoms with Gasteiger partial charge < -0.3 is 43.9 Å². The molecule has 1 aromatic heterocycles. The van der Waals surface area contributed by atoms with Crippen molar-refractivity contribution in [1.29, 1.82) is 0 Å². The second-order valence-electron chi connectivity index (χ2n) is 18.8. The van der Waals surface area contributed by atoms with Gasteiger partial charge in [0, 0.05) is 69.1 Å². The number of rotatable bonds is 23. The van der Waals surface area contributed by atoms with Gasteiger partial charge in [-0.3, -0.25) is 24.1 Å². The summed E-state index contributed by atoms with van der Waals surface area (Å²) in [5.74, 6) is 1.07. The maximum Gasteiger partial charge on any atom is 0.293 e. The monoisotopic (exact) mass is 1050 g/mol. The molecule has 0 bridgehead atoms. The number of methoxy groups -OCH3 is 1. The van der Waals surface area contributed by atoms with Crippen LogP contribution in [0, 0.1) is 26.3 Å². The average Bonchev–Trinajstić information content (AvgIpc) is 4.17. The number of carbonyl (C=O) groups excluding carboxylic acids is 4. The van der Waals surface area contributed by atoms with E-state index in [1.54, 1.807) is 48.0 Å². The number of nitrogens with one attached hydrogen (secondary N) is 1. The smallest absolute Gasteiger partial charge is 0.293 e. The third-order valence-corrected chi connectivity index (χ3v) is 15.1. The van der Waals surface area contributed by atoms with Crippen LogP contribution in [-0.2, 0) is 36.9 Å². The van der Waals surface area contributed by atoms with Gasteiger partial charge in [-0.05, 0) is 96.6 Å². The van der Waals surface area contributed by atoms with Crippen molar-refractivity contribution in [3.05, 3.63) is 141 Å². The number of imide groups is 1. The van der Waals surface area contributed by atoms with Crippen molar-refractivity contribution in [2.75, 3.05) is 53.2 Å². The first-order chi connectivity index (χ1) is 36.2. The molecule has 0 unspecified atom stereocenters. The minimum atomic E-state index is -0.844. The van der Waals surface area contributed by atoms with Crippen LogP contribution >= 0.6 is 23.1 Å². The molecule has 0 aliphatic carbocycles. The minimum Gasteiger partial charge on any atom is -0.493 e. The fraction of sp³-hybridized carbons (Fsp3) is 0.368. The summed E-state index contributed by atoms with van der Waals surface area (Å²) in [6, 6.07) is 22.9. The van der Waals surface area contributed by atoms with Gasteiger partial charge in [0.25, 0.3) is 11.1 Å². The number of thioether (sulfide) groups is 1. The van der Waals surface area contributed by atoms with Gasteiger partial charge in [0.2, 0.25) is 11.8 Å². The van der Waals surface area contributed by atoms with Gasteiger partial charge in [-0.25, -0.2) is 9.83 Å². The van der Waals surface area contributed by atoms with Crippen molar-refractivity contribution in [1.82, 2.24) is 25.0 Å². The van der Waals surface area contributed by atoms with Crippen molar-refractivity contribution in [2.24, 2.45) is 5.92 Å². The summed E-state index contributed by atoms with van der Waals surface area (Å²) in [5, 5.41) is 13.5. The van der Waals surface area contributed by atoms with E-state index < -0.39 is 24.1 Å². The molecule has 0 radical (unpaired) electrons. The van der Waals surface area contributed by atoms with Crippen molar-refractivity contribution in [3.8, 4) is 33.4 Å². The van der Waals surface area contributed by atoms with E-state index in [0.717, 1.165) is 55.8 Å². The van der Waals surface area contributed by atoms with E-state index in [-0.39, 0.29) is 55.6 Å². The summed E-state index contributed by atoms with van der Waals surface area (Å²) in [7, 11) is 1.52. The van der Waals surface area contributed by atoms with Gasteiger partial charge in [0.15, 0.2) is 17.2 Å². The van der Waals surface area contributed by atoms with Gasteiger partial charge in [-0.2, -0.15) is 0 Å². The third-order valence-electron chi connectivity index (χ3n) is 13.2. The number of β-amino-alcohol motifs (C(OH)–C–C–N with tert-alkyl or cyclic N) is 1. The van der Waals surface area contributed by atoms with Crippen LogP contribution in [0.2, 0.25) is 0 Å². The quantitative estimate of drug-likeness (QED) is 0.0360. The summed E-state index contributed by atoms with van der Waals surface area (Å²) in [6.07, 6.45) is 2.15. The molecule has 3 aliphatic heterocycles. The Kier molecular flexibility index (Phi) is 18.1. The number of thiazole rings is 1. The Balaban J connectivity index is 0.771. The molecule has 16 nitrogen and oxygen atoms in total. The Morgan fingerprint density at radius 1 is 0.947 bits per heavy atom. The molecule has 3 atom stereocenters. The molecule has 4 aromatic carbocycles. The van der Waals surface area contributed by atoms with Crippen molar-refractivity contribution >= 4 is 63.5 Å². The predicted molar refractivity (Wildman–Crippen MR) is 289 cm³/mol. The molecule has 8 rings (SSSR count). The number of hydrogen-bond acceptors (Lipinski definition) is 14. The topological polar surface area (TPSA) is 174 Å². The number of aromatic nitrogens is 1. The molecule has 18 heteroatoms. The number of ether oxygens (including phenoxy) is 5. The molecule has 2 saturated heterocycles. The first kappa shape index (κ1) is 54.3. The summed E-state index contributed by atoms with van der Waals surface area (Å²) in [6.45, 7) is 22.0. The second-order valence-corrected chi connectivity index (χ2v) is 20.7. The fourth-order valence-corrected chi connectivity index (χ4v) is 11.0. The maximum absolute atomic E-state index is 14.4. The zero-order chi connectivity index (χ0) is 53.2. The average molecular weight is 1060 g/mol. The van der Waals surface area contributed by atoms with Crippen molar-refractivity contribution in [2.45, 2.75) is 78.2 Å². The van der Waals surface area contributed by atoms with Crippen LogP contribution in [0.25, 0.3) is 27.1 Å². The number of aliphatic hydroxyl groups is 1. The van der Waals surface area contributed by atoms with E-state index in [0.29, 0.717) is 85.0 Å². The van der Waals surface area contributed by atoms with Crippen LogP contribution in [-0.4, -0.2) is 119 Å². The lowest BCUT2D eigenvalue weighted by Gasteiger charge is -2.36. The Morgan fingerprint density at radius 3 is 2.43 bits per heavy atom. The van der Waals surface area contributed by atoms with E-state index in [1.807, 2.05) is 75.1 Å². The van der Waals surface area contributed by atoms with Crippen molar-refractivity contribution < 1.29 is 48.0 Å². The van der Waals surface area contributed by atoms with Crippen LogP contribution in [0.15, 0.2) is 95.9 Å². The predicted octanol–water partition coefficient (Wildman–Crippen LogP) is 9.80. The lowest BCUT2D eigenvalue weighted by atomic mass is 10.00. The molecule has 0 spiro atoms. The van der Waals surface area contributed by atoms with Gasteiger partial charge >= 0.3 is 0 Å². The first-order valence-corrected chi connectivity index (χ1v) is 26.6. The maximum atomic E-state index is 14.4. The molecule has 2 fully saturated rings. The Hall–Kier alpha value is -7.01. The molecule has 3 aliphatic rings. The summed E-state index contributed by atoms with van der Waals surface area (Å²) < 4.78 is 29.6. The first-order valence-electron chi connectivity index (χ1n) is 25.0. The Morgan fingerprint density at radius 2 is 1.71 bits per heavy atom. The number of carbonyl (C=O) groups is 4. The molecule has 392 valence electrons. The van der Waals surface area contributed by atoms with Gasteiger partial charge in [-0.15, -0.1) is 11.3 Å². The fourth-order valence-electron chi connectivity index (χ4n) is 9.35. The van der Waals surface area contributed by atoms with Gasteiger partial charge in [-0.1, -0.05) is 69.0 Å². The zero-order valence-corrected chi connectivity index (χ0v) is 44.5. The number of aliphatic hydroxyl groups excluding tert-OH is 1. The second kappa shape index (κ2) is 25.0. The van der Waals surface area contributed by atoms with E-state index in [2.05, 4.69) is 21.7 Å². The lowest BCUT2D eigenvalue weighted by molar-refractivity contribution is -0.143. The van der Waals surface area contributed by atoms with E-state index in [4.69, 9.17) is 30.3 Å². The molecule has 4 heterocycles. The van der Waals surface area contributed by atoms with Crippen LogP contribution in [0.3, 0.4) is 0 Å². The molecule has 75 heavy (non-hydrogen) atoms. The number of nitrogens with zero attached hydrogens (tertiary/aromatic N) is 5. The van der Waals surface area contributed by atoms with Gasteiger partial charge in [0.05, 0.1) is 60.5 Å². The zero-order valence-electron chi connectivity index (χ0n) is 42.8. The largest absolute Gasteiger partial charge is 0.493 e. The summed E-state index contributed by atoms with van der Waals surface area (Å²) >= 11 is 2.41. The Bertz CT molecular complexity index is 3000. The minimum absolute atomic E-state index is 0.0681. The molecular formula is C57H62N6O10S2. The molecular weight excluding hydrogens is 993 g/mol. The van der Waals surface area contributed by atoms with Gasteiger partial charge in [0.1, 0.15) is 23.6 Å². The number of hydrogen-bond donors (Lipinski definition) is 2. The highest BCUT2D eigenvalue weighted by molar-refractivity contribution is 8.18. The standard InChI is InChI=1S/C57H62N6O10S2/c1-35(2)52(62-32-42-12-8-9-13-45(42)38(62)5)56(67)63-33-44(64)30-46(63)54(65)59-31-41-16-15-40(53-37(4)60-34-74-53)29-49(41)72-24-11-23-70-21-10-22-71-25-20-61-55(66)51(75-57(61)68)28-39-14-18-48(50(27-39)69-7)73-47-19-17-43(58-6)26-36(47)3/h8-9,12-19,26-29,34-35,44,46,52,64H,5,10-11,20-25,30-33H2,1-4,7H3,(H,59,65)/b51-28-/t44-,46+,52+/m1/s1. The van der Waals surface area contributed by atoms with Crippen molar-refractivity contribution in [3.63, 3.8) is 0 Å². The molecule has 0 saturated carbocycles. The molecule has 5 aromatic rings. The Labute approximate surface area is 446 Å². The third kappa shape index (κ3) is 12.9. The lowest BCUT2D eigenvalue weighted by Crippen LogP contribution is -2.54. The molecule has 2 N–H and O–H groups in total. The highest BCUT2D eigenvalue weighted by atomic mass is 32.2. The highest BCUT2D eigenvalue weighted by Gasteiger charge is 2.45. The number of benzene rings is 4. The highest BCUT2D eigenvalue weighted by Crippen LogP contribution is 2.39. The number of aryl methyl sites for hydroxylation is 2. The number of amides is 4. The summed E-state index contributed by atoms with van der Waals surface area (Å²) in [4.78, 5) is 68.3. The summed E-state index contributed by atoms with van der Waals surface area (Å²) in [5.41, 5.74) is 9.28. The van der Waals surface area contributed by atoms with Crippen LogP contribution in [0.5, 0.6) is 23.0 Å². The number of fused-ring (bicyclic) bond motifs is 1. The van der Waals surface area contributed by atoms with E-state index >= 15 is 0 Å². The molecule has 4 amide bonds. The van der Waals surface area contributed by atoms with E-state index in [1.165, 1.54) is 28.2 Å². The van der Waals surface area contributed by atoms with Crippen LogP contribution < -0.4 is 19.5 Å². The van der Waals surface area contributed by atoms with Crippen LogP contribution in [0.1, 0.15) is 66.6 Å². The number of likely N-dealkylation sites (tertiary alicyclic amines) is 1. The van der Waals surface area contributed by atoms with Crippen LogP contribution in [0.4, 0.5) is 10.5 Å².